The summed E-state index contributed by atoms with van der Waals surface area (Å²) in [6.07, 6.45) is 14.3. The zero-order chi connectivity index (χ0) is 29.7. The second-order valence-electron chi connectivity index (χ2n) is 11.8. The van der Waals surface area contributed by atoms with E-state index in [0.29, 0.717) is 17.1 Å². The van der Waals surface area contributed by atoms with Gasteiger partial charge >= 0.3 is 11.9 Å². The van der Waals surface area contributed by atoms with Gasteiger partial charge in [0, 0.05) is 29.5 Å². The fourth-order valence-electron chi connectivity index (χ4n) is 5.18. The molecule has 1 aliphatic rings. The molecule has 4 N–H and O–H groups in total. The summed E-state index contributed by atoms with van der Waals surface area (Å²) in [5.41, 5.74) is 14.3. The number of nitrogen functional groups attached to an aromatic ring is 2. The van der Waals surface area contributed by atoms with Gasteiger partial charge in [0.25, 0.3) is 0 Å². The minimum absolute atomic E-state index is 0.0916. The average molecular weight is 565 g/mol. The van der Waals surface area contributed by atoms with E-state index in [2.05, 4.69) is 6.92 Å². The van der Waals surface area contributed by atoms with Crippen LogP contribution in [0.2, 0.25) is 0 Å². The van der Waals surface area contributed by atoms with Gasteiger partial charge in [-0.25, -0.2) is 4.79 Å². The van der Waals surface area contributed by atoms with Gasteiger partial charge in [-0.2, -0.15) is 0 Å². The van der Waals surface area contributed by atoms with E-state index in [1.165, 1.54) is 38.2 Å². The maximum Gasteiger partial charge on any atom is 0.330 e. The average Bonchev–Trinajstić information content (AvgIpc) is 2.95. The Bertz CT molecular complexity index is 1130. The van der Waals surface area contributed by atoms with Crippen LogP contribution in [0.3, 0.4) is 0 Å². The molecule has 3 rings (SSSR count). The second-order valence-corrected chi connectivity index (χ2v) is 11.8. The number of esters is 2. The summed E-state index contributed by atoms with van der Waals surface area (Å²) in [7, 11) is 0. The Hall–Kier alpha value is -3.32. The molecule has 0 saturated heterocycles. The molecular formula is C34H48N2O5. The van der Waals surface area contributed by atoms with Crippen LogP contribution in [0.15, 0.2) is 48.5 Å². The van der Waals surface area contributed by atoms with Gasteiger partial charge in [-0.05, 0) is 73.6 Å². The predicted octanol–water partition coefficient (Wildman–Crippen LogP) is 7.23. The van der Waals surface area contributed by atoms with E-state index in [-0.39, 0.29) is 24.6 Å². The number of ether oxygens (including phenoxy) is 3. The zero-order valence-corrected chi connectivity index (χ0v) is 25.0. The maximum absolute atomic E-state index is 12.7. The zero-order valence-electron chi connectivity index (χ0n) is 25.0. The fraction of sp³-hybridized carbons (Fsp3) is 0.529. The predicted molar refractivity (Wildman–Crippen MR) is 165 cm³/mol. The van der Waals surface area contributed by atoms with E-state index >= 15 is 0 Å². The van der Waals surface area contributed by atoms with Gasteiger partial charge in [0.15, 0.2) is 0 Å². The third-order valence-electron chi connectivity index (χ3n) is 7.75. The molecule has 0 unspecified atom stereocenters. The Kier molecular flexibility index (Phi) is 12.7. The van der Waals surface area contributed by atoms with Gasteiger partial charge in [0.1, 0.15) is 12.4 Å². The molecule has 224 valence electrons. The lowest BCUT2D eigenvalue weighted by atomic mass is 9.84. The van der Waals surface area contributed by atoms with Gasteiger partial charge in [0.05, 0.1) is 12.0 Å². The number of rotatable bonds is 15. The lowest BCUT2D eigenvalue weighted by Crippen LogP contribution is -2.29. The first-order chi connectivity index (χ1) is 19.7. The second kappa shape index (κ2) is 16.2. The van der Waals surface area contributed by atoms with Crippen LogP contribution >= 0.6 is 0 Å². The van der Waals surface area contributed by atoms with Gasteiger partial charge in [0.2, 0.25) is 0 Å². The van der Waals surface area contributed by atoms with E-state index in [9.17, 15) is 9.59 Å². The highest BCUT2D eigenvalue weighted by molar-refractivity contribution is 5.87. The fourth-order valence-corrected chi connectivity index (χ4v) is 5.18. The summed E-state index contributed by atoms with van der Waals surface area (Å²) in [6, 6.07) is 12.4. The molecule has 0 aromatic heterocycles. The van der Waals surface area contributed by atoms with Crippen LogP contribution < -0.4 is 16.2 Å². The molecule has 0 heterocycles. The Labute approximate surface area is 245 Å². The first kappa shape index (κ1) is 32.2. The van der Waals surface area contributed by atoms with Crippen molar-refractivity contribution in [2.75, 3.05) is 24.7 Å². The molecule has 2 aromatic carbocycles. The van der Waals surface area contributed by atoms with Gasteiger partial charge in [-0.3, -0.25) is 4.79 Å². The third-order valence-corrected chi connectivity index (χ3v) is 7.75. The third kappa shape index (κ3) is 10.9. The Morgan fingerprint density at radius 2 is 1.61 bits per heavy atom. The standard InChI is InChI=1S/C34H48N2O5/c1-4-5-6-7-8-9-22-39-28-18-13-26(14-19-28)33(38)41-29-16-10-25(11-17-29)12-21-32(37)40-24-34(2,3)30-20-15-27(35)23-31(30)36/h10-12,15-17,20-21,23,26,28H,4-9,13-14,18-19,22,24,35-36H2,1-3H3/b21-12+. The summed E-state index contributed by atoms with van der Waals surface area (Å²) in [4.78, 5) is 25.0. The minimum Gasteiger partial charge on any atom is -0.462 e. The molecule has 1 fully saturated rings. The van der Waals surface area contributed by atoms with E-state index in [0.717, 1.165) is 49.8 Å². The van der Waals surface area contributed by atoms with E-state index < -0.39 is 11.4 Å². The van der Waals surface area contributed by atoms with Crippen molar-refractivity contribution in [2.24, 2.45) is 5.92 Å². The molecular weight excluding hydrogens is 516 g/mol. The van der Waals surface area contributed by atoms with Crippen molar-refractivity contribution in [3.63, 3.8) is 0 Å². The Morgan fingerprint density at radius 1 is 0.927 bits per heavy atom. The van der Waals surface area contributed by atoms with Gasteiger partial charge in [-0.1, -0.05) is 71.1 Å². The highest BCUT2D eigenvalue weighted by Gasteiger charge is 2.28. The Morgan fingerprint density at radius 3 is 2.29 bits per heavy atom. The normalized spacial score (nSPS) is 17.4. The van der Waals surface area contributed by atoms with Crippen LogP contribution in [-0.2, 0) is 24.5 Å². The molecule has 0 atom stereocenters. The molecule has 7 heteroatoms. The smallest absolute Gasteiger partial charge is 0.330 e. The van der Waals surface area contributed by atoms with Crippen LogP contribution in [-0.4, -0.2) is 31.3 Å². The molecule has 1 saturated carbocycles. The number of benzene rings is 2. The lowest BCUT2D eigenvalue weighted by molar-refractivity contribution is -0.141. The van der Waals surface area contributed by atoms with Crippen LogP contribution in [0.1, 0.15) is 96.1 Å². The summed E-state index contributed by atoms with van der Waals surface area (Å²) in [5.74, 6) is -0.227. The number of hydrogen-bond donors (Lipinski definition) is 2. The molecule has 7 nitrogen and oxygen atoms in total. The maximum atomic E-state index is 12.7. The molecule has 0 bridgehead atoms. The van der Waals surface area contributed by atoms with E-state index in [4.69, 9.17) is 25.7 Å². The molecule has 0 spiro atoms. The lowest BCUT2D eigenvalue weighted by Gasteiger charge is -2.27. The SMILES string of the molecule is CCCCCCCCOC1CCC(C(=O)Oc2ccc(/C=C/C(=O)OCC(C)(C)c3ccc(N)cc3N)cc2)CC1. The summed E-state index contributed by atoms with van der Waals surface area (Å²) in [6.45, 7) is 7.15. The molecule has 41 heavy (non-hydrogen) atoms. The van der Waals surface area contributed by atoms with Gasteiger partial charge < -0.3 is 25.7 Å². The Balaban J connectivity index is 1.36. The van der Waals surface area contributed by atoms with Crippen LogP contribution in [0, 0.1) is 5.92 Å². The highest BCUT2D eigenvalue weighted by atomic mass is 16.5. The van der Waals surface area contributed by atoms with Crippen molar-refractivity contribution in [3.8, 4) is 5.75 Å². The largest absolute Gasteiger partial charge is 0.462 e. The number of carbonyl (C=O) groups is 2. The first-order valence-corrected chi connectivity index (χ1v) is 15.1. The molecule has 0 amide bonds. The number of hydrogen-bond acceptors (Lipinski definition) is 7. The number of anilines is 2. The molecule has 2 aromatic rings. The van der Waals surface area contributed by atoms with Crippen molar-refractivity contribution in [2.45, 2.75) is 96.5 Å². The number of unbranched alkanes of at least 4 members (excludes halogenated alkanes) is 5. The first-order valence-electron chi connectivity index (χ1n) is 15.1. The quantitative estimate of drug-likeness (QED) is 0.0771. The molecule has 0 radical (unpaired) electrons. The summed E-state index contributed by atoms with van der Waals surface area (Å²) in [5, 5.41) is 0. The van der Waals surface area contributed by atoms with Crippen LogP contribution in [0.4, 0.5) is 11.4 Å². The van der Waals surface area contributed by atoms with Crippen molar-refractivity contribution in [3.05, 3.63) is 59.7 Å². The highest BCUT2D eigenvalue weighted by Crippen LogP contribution is 2.30. The monoisotopic (exact) mass is 564 g/mol. The van der Waals surface area contributed by atoms with Gasteiger partial charge in [-0.15, -0.1) is 0 Å². The number of nitrogens with two attached hydrogens (primary N) is 2. The van der Waals surface area contributed by atoms with Crippen molar-refractivity contribution in [1.82, 2.24) is 0 Å². The van der Waals surface area contributed by atoms with Crippen LogP contribution in [0.5, 0.6) is 5.75 Å². The molecule has 0 aliphatic heterocycles. The summed E-state index contributed by atoms with van der Waals surface area (Å²) < 4.78 is 17.2. The van der Waals surface area contributed by atoms with E-state index in [1.54, 1.807) is 42.5 Å². The van der Waals surface area contributed by atoms with Crippen molar-refractivity contribution >= 4 is 29.4 Å². The summed E-state index contributed by atoms with van der Waals surface area (Å²) >= 11 is 0. The van der Waals surface area contributed by atoms with E-state index in [1.807, 2.05) is 19.9 Å². The topological polar surface area (TPSA) is 114 Å². The van der Waals surface area contributed by atoms with Crippen molar-refractivity contribution < 1.29 is 23.8 Å². The molecule has 1 aliphatic carbocycles. The minimum atomic E-state index is -0.466. The number of carbonyl (C=O) groups excluding carboxylic acids is 2. The van der Waals surface area contributed by atoms with Crippen molar-refractivity contribution in [1.29, 1.82) is 0 Å². The van der Waals surface area contributed by atoms with Crippen LogP contribution in [0.25, 0.3) is 6.08 Å².